The lowest BCUT2D eigenvalue weighted by molar-refractivity contribution is -0.147. The van der Waals surface area contributed by atoms with Gasteiger partial charge in [0.15, 0.2) is 5.54 Å². The molecule has 1 fully saturated rings. The van der Waals surface area contributed by atoms with Gasteiger partial charge in [0.2, 0.25) is 0 Å². The highest BCUT2D eigenvalue weighted by Gasteiger charge is 2.44. The third-order valence-electron chi connectivity index (χ3n) is 2.54. The lowest BCUT2D eigenvalue weighted by atomic mass is 9.98. The molecule has 1 amide bonds. The molecule has 0 aromatic rings. The largest absolute Gasteiger partial charge is 0.479 e. The maximum absolute atomic E-state index is 11.8. The molecule has 7 heteroatoms. The van der Waals surface area contributed by atoms with Gasteiger partial charge in [0, 0.05) is 31.6 Å². The topological polar surface area (TPSA) is 114 Å². The van der Waals surface area contributed by atoms with Crippen molar-refractivity contribution in [2.45, 2.75) is 12.0 Å². The van der Waals surface area contributed by atoms with Gasteiger partial charge in [0.25, 0.3) is 5.91 Å². The first kappa shape index (κ1) is 13.9. The second-order valence-electron chi connectivity index (χ2n) is 3.73. The van der Waals surface area contributed by atoms with Crippen LogP contribution in [0.4, 0.5) is 0 Å². The number of nitrogens with two attached hydrogens (primary N) is 1. The van der Waals surface area contributed by atoms with Gasteiger partial charge in [-0.1, -0.05) is 6.58 Å². The first-order valence-corrected chi connectivity index (χ1v) is 5.25. The second-order valence-corrected chi connectivity index (χ2v) is 3.73. The summed E-state index contributed by atoms with van der Waals surface area (Å²) in [7, 11) is 0. The van der Waals surface area contributed by atoms with Crippen LogP contribution in [0.25, 0.3) is 0 Å². The standard InChI is InChI=1S/C11H15N3O4/c1-2-13-6-8(5-12)9(15)14-11(10(16)17)3-4-18-7-11/h2,5-6H,1,3-4,7,12H2,(H,14,15)(H,16,17)/b8-5+,13-6-/t11-/m0/s1. The molecule has 1 aliphatic heterocycles. The third kappa shape index (κ3) is 2.95. The normalized spacial score (nSPS) is 24.1. The Bertz CT molecular complexity index is 409. The molecule has 0 unspecified atom stereocenters. The number of hydrogen-bond acceptors (Lipinski definition) is 5. The van der Waals surface area contributed by atoms with Crippen molar-refractivity contribution in [3.8, 4) is 0 Å². The molecule has 1 atom stereocenters. The van der Waals surface area contributed by atoms with Crippen LogP contribution in [0.5, 0.6) is 0 Å². The molecule has 0 aromatic carbocycles. The van der Waals surface area contributed by atoms with Crippen molar-refractivity contribution < 1.29 is 19.4 Å². The molecule has 1 rings (SSSR count). The summed E-state index contributed by atoms with van der Waals surface area (Å²) in [6.07, 6.45) is 3.70. The Balaban J connectivity index is 2.82. The summed E-state index contributed by atoms with van der Waals surface area (Å²) in [5, 5.41) is 11.6. The third-order valence-corrected chi connectivity index (χ3v) is 2.54. The van der Waals surface area contributed by atoms with E-state index in [1.807, 2.05) is 0 Å². The van der Waals surface area contributed by atoms with Gasteiger partial charge < -0.3 is 20.9 Å². The monoisotopic (exact) mass is 253 g/mol. The van der Waals surface area contributed by atoms with Crippen molar-refractivity contribution in [3.63, 3.8) is 0 Å². The van der Waals surface area contributed by atoms with E-state index >= 15 is 0 Å². The predicted molar refractivity (Wildman–Crippen MR) is 64.9 cm³/mol. The summed E-state index contributed by atoms with van der Waals surface area (Å²) < 4.78 is 5.02. The second kappa shape index (κ2) is 5.97. The van der Waals surface area contributed by atoms with E-state index in [0.29, 0.717) is 0 Å². The Kier molecular flexibility index (Phi) is 4.61. The number of nitrogens with one attached hydrogen (secondary N) is 1. The van der Waals surface area contributed by atoms with E-state index in [0.717, 1.165) is 6.20 Å². The lowest BCUT2D eigenvalue weighted by Crippen LogP contribution is -2.55. The number of aliphatic imine (C=N–C) groups is 1. The minimum absolute atomic E-state index is 0.0578. The SMILES string of the molecule is C=C/N=C\C(=C/N)C(=O)N[C@@]1(C(=O)O)CCOC1. The number of hydrogen-bond donors (Lipinski definition) is 3. The highest BCUT2D eigenvalue weighted by atomic mass is 16.5. The van der Waals surface area contributed by atoms with Crippen LogP contribution in [0.15, 0.2) is 29.5 Å². The molecular weight excluding hydrogens is 238 g/mol. The van der Waals surface area contributed by atoms with Crippen molar-refractivity contribution in [2.75, 3.05) is 13.2 Å². The van der Waals surface area contributed by atoms with Gasteiger partial charge in [-0.2, -0.15) is 0 Å². The van der Waals surface area contributed by atoms with E-state index in [1.54, 1.807) is 0 Å². The van der Waals surface area contributed by atoms with Crippen molar-refractivity contribution in [1.29, 1.82) is 0 Å². The van der Waals surface area contributed by atoms with Crippen molar-refractivity contribution in [1.82, 2.24) is 5.32 Å². The number of ether oxygens (including phenoxy) is 1. The zero-order valence-electron chi connectivity index (χ0n) is 9.76. The fourth-order valence-electron chi connectivity index (χ4n) is 1.49. The average molecular weight is 253 g/mol. The molecule has 0 aromatic heterocycles. The van der Waals surface area contributed by atoms with Crippen molar-refractivity contribution >= 4 is 18.1 Å². The number of nitrogens with zero attached hydrogens (tertiary/aromatic N) is 1. The molecule has 98 valence electrons. The highest BCUT2D eigenvalue weighted by molar-refractivity contribution is 6.13. The lowest BCUT2D eigenvalue weighted by Gasteiger charge is -2.23. The minimum atomic E-state index is -1.40. The van der Waals surface area contributed by atoms with Crippen LogP contribution in [0, 0.1) is 0 Å². The molecule has 0 aliphatic carbocycles. The van der Waals surface area contributed by atoms with Crippen molar-refractivity contribution in [3.05, 3.63) is 24.6 Å². The molecule has 1 aliphatic rings. The van der Waals surface area contributed by atoms with E-state index in [-0.39, 0.29) is 25.2 Å². The number of carboxylic acid groups (broad SMARTS) is 1. The van der Waals surface area contributed by atoms with Gasteiger partial charge in [0.1, 0.15) is 0 Å². The van der Waals surface area contributed by atoms with E-state index in [2.05, 4.69) is 16.9 Å². The average Bonchev–Trinajstić information content (AvgIpc) is 2.80. The number of aliphatic carboxylic acids is 1. The van der Waals surface area contributed by atoms with Crippen LogP contribution in [0.2, 0.25) is 0 Å². The fourth-order valence-corrected chi connectivity index (χ4v) is 1.49. The van der Waals surface area contributed by atoms with Crippen LogP contribution in [0.3, 0.4) is 0 Å². The molecular formula is C11H15N3O4. The highest BCUT2D eigenvalue weighted by Crippen LogP contribution is 2.19. The number of carbonyl (C=O) groups excluding carboxylic acids is 1. The summed E-state index contributed by atoms with van der Waals surface area (Å²) >= 11 is 0. The summed E-state index contributed by atoms with van der Waals surface area (Å²) in [5.41, 5.74) is 3.94. The zero-order chi connectivity index (χ0) is 13.6. The Morgan fingerprint density at radius 2 is 2.28 bits per heavy atom. The van der Waals surface area contributed by atoms with Gasteiger partial charge in [-0.15, -0.1) is 0 Å². The van der Waals surface area contributed by atoms with E-state index in [9.17, 15) is 9.59 Å². The molecule has 0 radical (unpaired) electrons. The van der Waals surface area contributed by atoms with Gasteiger partial charge in [-0.25, -0.2) is 4.79 Å². The smallest absolute Gasteiger partial charge is 0.331 e. The Labute approximate surface area is 104 Å². The molecule has 7 nitrogen and oxygen atoms in total. The Morgan fingerprint density at radius 1 is 1.56 bits per heavy atom. The summed E-state index contributed by atoms with van der Waals surface area (Å²) in [6, 6.07) is 0. The van der Waals surface area contributed by atoms with E-state index in [1.165, 1.54) is 12.4 Å². The summed E-state index contributed by atoms with van der Waals surface area (Å²) in [5.74, 6) is -1.75. The Morgan fingerprint density at radius 3 is 2.72 bits per heavy atom. The first-order chi connectivity index (χ1) is 8.55. The number of rotatable bonds is 5. The number of carboxylic acids is 1. The molecule has 1 heterocycles. The van der Waals surface area contributed by atoms with Crippen LogP contribution in [-0.4, -0.2) is 42.0 Å². The van der Waals surface area contributed by atoms with E-state index in [4.69, 9.17) is 15.6 Å². The zero-order valence-corrected chi connectivity index (χ0v) is 9.76. The Hall–Kier alpha value is -2.15. The van der Waals surface area contributed by atoms with Gasteiger partial charge in [-0.3, -0.25) is 9.79 Å². The van der Waals surface area contributed by atoms with E-state index < -0.39 is 17.4 Å². The number of amides is 1. The molecule has 0 spiro atoms. The molecule has 0 saturated carbocycles. The van der Waals surface area contributed by atoms with Crippen LogP contribution in [0.1, 0.15) is 6.42 Å². The first-order valence-electron chi connectivity index (χ1n) is 5.25. The molecule has 18 heavy (non-hydrogen) atoms. The quantitative estimate of drug-likeness (QED) is 0.447. The maximum Gasteiger partial charge on any atom is 0.331 e. The van der Waals surface area contributed by atoms with Gasteiger partial charge in [-0.05, 0) is 0 Å². The minimum Gasteiger partial charge on any atom is -0.479 e. The molecule has 4 N–H and O–H groups in total. The maximum atomic E-state index is 11.8. The van der Waals surface area contributed by atoms with Gasteiger partial charge >= 0.3 is 5.97 Å². The summed E-state index contributed by atoms with van der Waals surface area (Å²) in [4.78, 5) is 26.7. The fraction of sp³-hybridized carbons (Fsp3) is 0.364. The van der Waals surface area contributed by atoms with Gasteiger partial charge in [0.05, 0.1) is 12.2 Å². The number of carbonyl (C=O) groups is 2. The van der Waals surface area contributed by atoms with Crippen LogP contribution in [-0.2, 0) is 14.3 Å². The summed E-state index contributed by atoms with van der Waals surface area (Å²) in [6.45, 7) is 3.58. The molecule has 0 bridgehead atoms. The predicted octanol–water partition coefficient (Wildman–Crippen LogP) is -0.597. The van der Waals surface area contributed by atoms with Crippen molar-refractivity contribution in [2.24, 2.45) is 10.7 Å². The van der Waals surface area contributed by atoms with Crippen LogP contribution >= 0.6 is 0 Å². The van der Waals surface area contributed by atoms with Crippen LogP contribution < -0.4 is 11.1 Å². The molecule has 1 saturated heterocycles.